The van der Waals surface area contributed by atoms with Gasteiger partial charge in [-0.05, 0) is 13.3 Å². The first-order chi connectivity index (χ1) is 9.95. The minimum atomic E-state index is -0.642. The van der Waals surface area contributed by atoms with Crippen LogP contribution in [0.4, 0.5) is 5.69 Å². The number of esters is 1. The number of rotatable bonds is 8. The van der Waals surface area contributed by atoms with Gasteiger partial charge in [0.2, 0.25) is 0 Å². The lowest BCUT2D eigenvalue weighted by atomic mass is 10.3. The molecule has 0 unspecified atom stereocenters. The van der Waals surface area contributed by atoms with Crippen LogP contribution in [0.25, 0.3) is 0 Å². The van der Waals surface area contributed by atoms with Crippen molar-refractivity contribution in [1.82, 2.24) is 4.57 Å². The lowest BCUT2D eigenvalue weighted by molar-refractivity contribution is -0.385. The zero-order chi connectivity index (χ0) is 15.8. The lowest BCUT2D eigenvalue weighted by Crippen LogP contribution is -2.27. The Labute approximate surface area is 121 Å². The summed E-state index contributed by atoms with van der Waals surface area (Å²) in [6.07, 6.45) is 1.90. The molecule has 1 aromatic rings. The van der Waals surface area contributed by atoms with Gasteiger partial charge in [-0.15, -0.1) is 0 Å². The molecule has 0 aliphatic rings. The molecule has 0 spiro atoms. The molecule has 21 heavy (non-hydrogen) atoms. The maximum Gasteiger partial charge on any atom is 0.326 e. The fourth-order valence-electron chi connectivity index (χ4n) is 1.63. The van der Waals surface area contributed by atoms with E-state index in [4.69, 9.17) is 9.47 Å². The smallest absolute Gasteiger partial charge is 0.326 e. The Bertz CT molecular complexity index is 566. The van der Waals surface area contributed by atoms with Crippen molar-refractivity contribution in [3.63, 3.8) is 0 Å². The van der Waals surface area contributed by atoms with Gasteiger partial charge in [0.15, 0.2) is 0 Å². The van der Waals surface area contributed by atoms with Crippen LogP contribution in [0.1, 0.15) is 18.9 Å². The van der Waals surface area contributed by atoms with E-state index >= 15 is 0 Å². The summed E-state index contributed by atoms with van der Waals surface area (Å²) in [5.41, 5.74) is -0.505. The van der Waals surface area contributed by atoms with Crippen LogP contribution in [0.5, 0.6) is 0 Å². The molecule has 0 saturated carbocycles. The van der Waals surface area contributed by atoms with Crippen molar-refractivity contribution in [2.24, 2.45) is 0 Å². The molecular weight excluding hydrogens is 280 g/mol. The molecule has 116 valence electrons. The zero-order valence-corrected chi connectivity index (χ0v) is 12.0. The maximum absolute atomic E-state index is 11.8. The van der Waals surface area contributed by atoms with E-state index in [1.54, 1.807) is 0 Å². The Morgan fingerprint density at radius 1 is 1.38 bits per heavy atom. The standard InChI is InChI=1S/C13H18N2O6/c1-3-4-20-5-6-21-12(16)9-14-8-11(15(18)19)7-10(2)13(14)17/h7-8H,3-6,9H2,1-2H3. The molecule has 0 aliphatic heterocycles. The van der Waals surface area contributed by atoms with E-state index in [1.165, 1.54) is 13.0 Å². The highest BCUT2D eigenvalue weighted by Gasteiger charge is 2.14. The first-order valence-corrected chi connectivity index (χ1v) is 6.54. The lowest BCUT2D eigenvalue weighted by Gasteiger charge is -2.08. The minimum Gasteiger partial charge on any atom is -0.462 e. The largest absolute Gasteiger partial charge is 0.462 e. The molecule has 0 saturated heterocycles. The summed E-state index contributed by atoms with van der Waals surface area (Å²) in [6, 6.07) is 1.17. The number of hydrogen-bond donors (Lipinski definition) is 0. The van der Waals surface area contributed by atoms with E-state index in [1.807, 2.05) is 6.92 Å². The monoisotopic (exact) mass is 298 g/mol. The van der Waals surface area contributed by atoms with Crippen LogP contribution in [0.3, 0.4) is 0 Å². The van der Waals surface area contributed by atoms with Gasteiger partial charge in [-0.1, -0.05) is 6.92 Å². The summed E-state index contributed by atoms with van der Waals surface area (Å²) in [7, 11) is 0. The summed E-state index contributed by atoms with van der Waals surface area (Å²) < 4.78 is 11.0. The molecule has 8 nitrogen and oxygen atoms in total. The van der Waals surface area contributed by atoms with Crippen LogP contribution in [0.15, 0.2) is 17.1 Å². The van der Waals surface area contributed by atoms with Gasteiger partial charge in [-0.25, -0.2) is 0 Å². The van der Waals surface area contributed by atoms with Crippen LogP contribution < -0.4 is 5.56 Å². The Kier molecular flexibility index (Phi) is 6.54. The van der Waals surface area contributed by atoms with Gasteiger partial charge in [0.1, 0.15) is 13.2 Å². The molecular formula is C13H18N2O6. The number of hydrogen-bond acceptors (Lipinski definition) is 6. The third-order valence-corrected chi connectivity index (χ3v) is 2.60. The van der Waals surface area contributed by atoms with Crippen molar-refractivity contribution in [2.75, 3.05) is 19.8 Å². The fourth-order valence-corrected chi connectivity index (χ4v) is 1.63. The first-order valence-electron chi connectivity index (χ1n) is 6.54. The van der Waals surface area contributed by atoms with Crippen LogP contribution in [-0.4, -0.2) is 35.3 Å². The summed E-state index contributed by atoms with van der Waals surface area (Å²) in [4.78, 5) is 33.5. The van der Waals surface area contributed by atoms with E-state index in [0.29, 0.717) is 6.61 Å². The number of carbonyl (C=O) groups is 1. The maximum atomic E-state index is 11.8. The summed E-state index contributed by atoms with van der Waals surface area (Å²) >= 11 is 0. The molecule has 8 heteroatoms. The molecule has 0 amide bonds. The van der Waals surface area contributed by atoms with Gasteiger partial charge in [-0.2, -0.15) is 0 Å². The number of pyridine rings is 1. The molecule has 0 aromatic carbocycles. The summed E-state index contributed by atoms with van der Waals surface area (Å²) in [6.45, 7) is 4.00. The first kappa shape index (κ1) is 16.8. The highest BCUT2D eigenvalue weighted by Crippen LogP contribution is 2.09. The quantitative estimate of drug-likeness (QED) is 0.307. The average molecular weight is 298 g/mol. The number of nitrogens with zero attached hydrogens (tertiary/aromatic N) is 2. The fraction of sp³-hybridized carbons (Fsp3) is 0.538. The number of aromatic nitrogens is 1. The predicted molar refractivity (Wildman–Crippen MR) is 74.2 cm³/mol. The molecule has 0 radical (unpaired) electrons. The average Bonchev–Trinajstić information content (AvgIpc) is 2.43. The van der Waals surface area contributed by atoms with Crippen molar-refractivity contribution in [3.8, 4) is 0 Å². The van der Waals surface area contributed by atoms with Gasteiger partial charge in [-0.3, -0.25) is 24.3 Å². The van der Waals surface area contributed by atoms with Gasteiger partial charge in [0.05, 0.1) is 17.7 Å². The number of nitro groups is 1. The van der Waals surface area contributed by atoms with Crippen molar-refractivity contribution < 1.29 is 19.2 Å². The third kappa shape index (κ3) is 5.35. The second kappa shape index (κ2) is 8.15. The van der Waals surface area contributed by atoms with E-state index in [2.05, 4.69) is 0 Å². The second-order valence-electron chi connectivity index (χ2n) is 4.40. The predicted octanol–water partition coefficient (Wildman–Crippen LogP) is 1.03. The molecule has 0 fully saturated rings. The van der Waals surface area contributed by atoms with Crippen molar-refractivity contribution in [2.45, 2.75) is 26.8 Å². The Morgan fingerprint density at radius 2 is 2.10 bits per heavy atom. The van der Waals surface area contributed by atoms with Gasteiger partial charge < -0.3 is 9.47 Å². The van der Waals surface area contributed by atoms with Gasteiger partial charge in [0.25, 0.3) is 11.2 Å². The van der Waals surface area contributed by atoms with Crippen LogP contribution in [0, 0.1) is 17.0 Å². The molecule has 0 atom stereocenters. The topological polar surface area (TPSA) is 101 Å². The Hall–Kier alpha value is -2.22. The molecule has 1 rings (SSSR count). The summed E-state index contributed by atoms with van der Waals surface area (Å²) in [5.74, 6) is -0.642. The van der Waals surface area contributed by atoms with E-state index in [0.717, 1.165) is 17.2 Å². The van der Waals surface area contributed by atoms with E-state index in [-0.39, 0.29) is 31.0 Å². The van der Waals surface area contributed by atoms with Crippen LogP contribution in [0.2, 0.25) is 0 Å². The number of ether oxygens (including phenoxy) is 2. The van der Waals surface area contributed by atoms with Crippen molar-refractivity contribution in [3.05, 3.63) is 38.3 Å². The Morgan fingerprint density at radius 3 is 2.71 bits per heavy atom. The molecule has 1 heterocycles. The number of aryl methyl sites for hydroxylation is 1. The minimum absolute atomic E-state index is 0.0848. The Balaban J connectivity index is 2.63. The third-order valence-electron chi connectivity index (χ3n) is 2.60. The van der Waals surface area contributed by atoms with E-state index < -0.39 is 16.5 Å². The molecule has 0 N–H and O–H groups in total. The van der Waals surface area contributed by atoms with Crippen molar-refractivity contribution >= 4 is 11.7 Å². The normalized spacial score (nSPS) is 10.4. The summed E-state index contributed by atoms with van der Waals surface area (Å²) in [5, 5.41) is 10.7. The highest BCUT2D eigenvalue weighted by molar-refractivity contribution is 5.69. The van der Waals surface area contributed by atoms with Crippen LogP contribution >= 0.6 is 0 Å². The number of carbonyl (C=O) groups excluding carboxylic acids is 1. The van der Waals surface area contributed by atoms with Gasteiger partial charge in [0, 0.05) is 18.2 Å². The van der Waals surface area contributed by atoms with Gasteiger partial charge >= 0.3 is 5.97 Å². The molecule has 0 bridgehead atoms. The second-order valence-corrected chi connectivity index (χ2v) is 4.40. The van der Waals surface area contributed by atoms with E-state index in [9.17, 15) is 19.7 Å². The molecule has 1 aromatic heterocycles. The SMILES string of the molecule is CCCOCCOC(=O)Cn1cc([N+](=O)[O-])cc(C)c1=O. The zero-order valence-electron chi connectivity index (χ0n) is 12.0. The van der Waals surface area contributed by atoms with Crippen LogP contribution in [-0.2, 0) is 20.8 Å². The van der Waals surface area contributed by atoms with Crippen molar-refractivity contribution in [1.29, 1.82) is 0 Å². The molecule has 0 aliphatic carbocycles. The highest BCUT2D eigenvalue weighted by atomic mass is 16.6.